The molecule has 14 nitrogen and oxygen atoms in total. The number of carbonyl (C=O) groups excluding carboxylic acids is 4. The van der Waals surface area contributed by atoms with Crippen molar-refractivity contribution in [3.05, 3.63) is 60.7 Å². The lowest BCUT2D eigenvalue weighted by Gasteiger charge is -2.28. The molecule has 0 bridgehead atoms. The first-order valence-corrected chi connectivity index (χ1v) is 13.5. The van der Waals surface area contributed by atoms with Crippen LogP contribution in [-0.2, 0) is 19.1 Å². The van der Waals surface area contributed by atoms with Crippen LogP contribution in [0.2, 0.25) is 0 Å². The fourth-order valence-electron chi connectivity index (χ4n) is 4.15. The van der Waals surface area contributed by atoms with Crippen LogP contribution in [0.5, 0.6) is 0 Å². The summed E-state index contributed by atoms with van der Waals surface area (Å²) in [5, 5.41) is 13.5. The van der Waals surface area contributed by atoms with E-state index in [0.717, 1.165) is 0 Å². The van der Waals surface area contributed by atoms with Crippen molar-refractivity contribution >= 4 is 46.8 Å². The van der Waals surface area contributed by atoms with Crippen molar-refractivity contribution in [3.63, 3.8) is 0 Å². The number of methoxy groups -OCH3 is 2. The second-order valence-electron chi connectivity index (χ2n) is 9.54. The molecule has 43 heavy (non-hydrogen) atoms. The molecule has 0 saturated carbocycles. The van der Waals surface area contributed by atoms with Gasteiger partial charge in [0.25, 0.3) is 0 Å². The quantitative estimate of drug-likeness (QED) is 0.147. The number of nitrogens with one attached hydrogen (secondary N) is 4. The predicted molar refractivity (Wildman–Crippen MR) is 165 cm³/mol. The van der Waals surface area contributed by atoms with Crippen molar-refractivity contribution in [1.29, 1.82) is 0 Å². The van der Waals surface area contributed by atoms with Gasteiger partial charge in [-0.1, -0.05) is 36.4 Å². The smallest absolute Gasteiger partial charge is 0.339 e. The Bertz CT molecular complexity index is 1170. The highest BCUT2D eigenvalue weighted by atomic mass is 16.5. The topological polar surface area (TPSA) is 166 Å². The average molecular weight is 597 g/mol. The first-order chi connectivity index (χ1) is 20.6. The molecule has 2 aromatic rings. The number of carbonyl (C=O) groups is 4. The number of amides is 4. The average Bonchev–Trinajstić information content (AvgIpc) is 3.00. The van der Waals surface area contributed by atoms with Crippen molar-refractivity contribution in [2.75, 3.05) is 52.0 Å². The molecule has 0 spiro atoms. The summed E-state index contributed by atoms with van der Waals surface area (Å²) in [6, 6.07) is 14.9. The summed E-state index contributed by atoms with van der Waals surface area (Å²) in [7, 11) is 6.00. The minimum Gasteiger partial charge on any atom is -0.468 e. The number of esters is 2. The molecule has 0 fully saturated rings. The minimum atomic E-state index is -0.862. The lowest BCUT2D eigenvalue weighted by Crippen LogP contribution is -2.48. The van der Waals surface area contributed by atoms with Gasteiger partial charge in [0.2, 0.25) is 0 Å². The Hall–Kier alpha value is -4.82. The summed E-state index contributed by atoms with van der Waals surface area (Å²) in [6.07, 6.45) is 0.526. The van der Waals surface area contributed by atoms with E-state index in [2.05, 4.69) is 31.7 Å². The lowest BCUT2D eigenvalue weighted by atomic mass is 10.1. The van der Waals surface area contributed by atoms with E-state index in [1.54, 1.807) is 86.3 Å². The number of likely N-dealkylation sites (N-methyl/N-ethyl adjacent to an activating group) is 2. The van der Waals surface area contributed by atoms with E-state index >= 15 is 0 Å². The molecule has 0 saturated heterocycles. The van der Waals surface area contributed by atoms with Crippen LogP contribution >= 0.6 is 0 Å². The first kappa shape index (κ1) is 34.4. The Morgan fingerprint density at radius 1 is 0.674 bits per heavy atom. The molecule has 0 heterocycles. The van der Waals surface area contributed by atoms with Gasteiger partial charge in [0.15, 0.2) is 0 Å². The summed E-state index contributed by atoms with van der Waals surface area (Å²) in [5.41, 5.74) is 6.62. The molecule has 14 heteroatoms. The standard InChI is InChI=1S/C29H40N8O6/c1-20(32-34-28(40)30-22-14-9-7-10-15-22)24(26(38)42-5)36(3)18-13-19-37(4)25(27(39)43-6)21(2)33-35-29(41)31-23-16-11-8-12-17-23/h7-12,14-17,24-25H,13,18-19H2,1-6H3,(H2,30,34,40)(H2,31,35,41)/b32-20+,33-21+. The molecule has 2 atom stereocenters. The summed E-state index contributed by atoms with van der Waals surface area (Å²) in [5.74, 6) is -1.09. The van der Waals surface area contributed by atoms with Gasteiger partial charge in [0, 0.05) is 24.5 Å². The van der Waals surface area contributed by atoms with Crippen LogP contribution in [-0.4, -0.2) is 98.7 Å². The zero-order chi connectivity index (χ0) is 31.8. The molecule has 0 aliphatic rings. The highest BCUT2D eigenvalue weighted by Gasteiger charge is 2.30. The van der Waals surface area contributed by atoms with Gasteiger partial charge in [-0.2, -0.15) is 10.2 Å². The fourth-order valence-corrected chi connectivity index (χ4v) is 4.15. The molecule has 2 unspecified atom stereocenters. The van der Waals surface area contributed by atoms with Crippen LogP contribution in [0.25, 0.3) is 0 Å². The van der Waals surface area contributed by atoms with Gasteiger partial charge in [-0.3, -0.25) is 9.80 Å². The molecule has 4 amide bonds. The number of ether oxygens (including phenoxy) is 2. The largest absolute Gasteiger partial charge is 0.468 e. The number of rotatable bonds is 14. The monoisotopic (exact) mass is 596 g/mol. The van der Waals surface area contributed by atoms with E-state index in [-0.39, 0.29) is 0 Å². The number of hydrazone groups is 2. The van der Waals surface area contributed by atoms with E-state index in [4.69, 9.17) is 9.47 Å². The van der Waals surface area contributed by atoms with Gasteiger partial charge < -0.3 is 20.1 Å². The number of hydrogen-bond donors (Lipinski definition) is 4. The van der Waals surface area contributed by atoms with E-state index < -0.39 is 36.1 Å². The molecular weight excluding hydrogens is 556 g/mol. The summed E-state index contributed by atoms with van der Waals surface area (Å²) in [6.45, 7) is 4.05. The van der Waals surface area contributed by atoms with Crippen molar-refractivity contribution in [2.24, 2.45) is 10.2 Å². The Morgan fingerprint density at radius 2 is 1.02 bits per heavy atom. The van der Waals surface area contributed by atoms with Gasteiger partial charge >= 0.3 is 24.0 Å². The molecule has 0 aliphatic heterocycles. The summed E-state index contributed by atoms with van der Waals surface area (Å²) >= 11 is 0. The van der Waals surface area contributed by atoms with Crippen LogP contribution in [0.3, 0.4) is 0 Å². The van der Waals surface area contributed by atoms with E-state index in [0.29, 0.717) is 42.3 Å². The van der Waals surface area contributed by atoms with Crippen LogP contribution in [0.1, 0.15) is 20.3 Å². The predicted octanol–water partition coefficient (Wildman–Crippen LogP) is 2.72. The Kier molecular flexibility index (Phi) is 14.3. The van der Waals surface area contributed by atoms with Gasteiger partial charge in [-0.25, -0.2) is 30.0 Å². The molecule has 0 aromatic heterocycles. The zero-order valence-electron chi connectivity index (χ0n) is 25.3. The number of para-hydroxylation sites is 2. The third-order valence-corrected chi connectivity index (χ3v) is 6.27. The minimum absolute atomic E-state index is 0.321. The van der Waals surface area contributed by atoms with Crippen LogP contribution in [0.4, 0.5) is 21.0 Å². The molecular formula is C29H40N8O6. The van der Waals surface area contributed by atoms with Gasteiger partial charge in [0.05, 0.1) is 25.6 Å². The Labute approximate surface area is 251 Å². The van der Waals surface area contributed by atoms with Gasteiger partial charge in [-0.05, 0) is 58.6 Å². The zero-order valence-corrected chi connectivity index (χ0v) is 25.3. The maximum Gasteiger partial charge on any atom is 0.339 e. The van der Waals surface area contributed by atoms with Crippen LogP contribution < -0.4 is 21.5 Å². The molecule has 232 valence electrons. The van der Waals surface area contributed by atoms with Crippen molar-refractivity contribution in [3.8, 4) is 0 Å². The molecule has 2 rings (SSSR count). The molecule has 4 N–H and O–H groups in total. The Balaban J connectivity index is 1.98. The highest BCUT2D eigenvalue weighted by Crippen LogP contribution is 2.09. The third-order valence-electron chi connectivity index (χ3n) is 6.27. The van der Waals surface area contributed by atoms with Crippen LogP contribution in [0, 0.1) is 0 Å². The third kappa shape index (κ3) is 11.5. The van der Waals surface area contributed by atoms with Crippen LogP contribution in [0.15, 0.2) is 70.9 Å². The van der Waals surface area contributed by atoms with E-state index in [1.807, 2.05) is 12.1 Å². The Morgan fingerprint density at radius 3 is 1.35 bits per heavy atom. The van der Waals surface area contributed by atoms with E-state index in [9.17, 15) is 19.2 Å². The number of benzene rings is 2. The molecule has 0 aliphatic carbocycles. The second kappa shape index (κ2) is 17.9. The number of anilines is 2. The van der Waals surface area contributed by atoms with Crippen molar-refractivity contribution in [1.82, 2.24) is 20.7 Å². The normalized spacial score (nSPS) is 13.1. The summed E-state index contributed by atoms with van der Waals surface area (Å²) < 4.78 is 9.93. The SMILES string of the molecule is COC(=O)C(/C(C)=N/NC(=O)Nc1ccccc1)N(C)CCCN(C)C(C(=O)OC)/C(C)=N/NC(=O)Nc1ccccc1. The maximum atomic E-state index is 12.6. The van der Waals surface area contributed by atoms with E-state index in [1.165, 1.54) is 14.2 Å². The van der Waals surface area contributed by atoms with Gasteiger partial charge in [-0.15, -0.1) is 0 Å². The molecule has 0 radical (unpaired) electrons. The number of hydrogen-bond acceptors (Lipinski definition) is 10. The van der Waals surface area contributed by atoms with Crippen molar-refractivity contribution < 1.29 is 28.7 Å². The summed E-state index contributed by atoms with van der Waals surface area (Å²) in [4.78, 5) is 53.1. The van der Waals surface area contributed by atoms with Crippen molar-refractivity contribution in [2.45, 2.75) is 32.4 Å². The lowest BCUT2D eigenvalue weighted by molar-refractivity contribution is -0.144. The van der Waals surface area contributed by atoms with Gasteiger partial charge in [0.1, 0.15) is 12.1 Å². The first-order valence-electron chi connectivity index (χ1n) is 13.5. The number of urea groups is 2. The second-order valence-corrected chi connectivity index (χ2v) is 9.54. The highest BCUT2D eigenvalue weighted by molar-refractivity contribution is 6.06. The number of nitrogens with zero attached hydrogens (tertiary/aromatic N) is 4. The fraction of sp³-hybridized carbons (Fsp3) is 0.379. The molecule has 2 aromatic carbocycles. The maximum absolute atomic E-state index is 12.6.